The SMILES string of the molecule is Cc1nc(NN)cc(Oc2cc(Br)ccc2C)n1. The Morgan fingerprint density at radius 1 is 1.22 bits per heavy atom. The summed E-state index contributed by atoms with van der Waals surface area (Å²) in [5.41, 5.74) is 3.50. The zero-order chi connectivity index (χ0) is 13.1. The summed E-state index contributed by atoms with van der Waals surface area (Å²) in [6, 6.07) is 7.46. The Kier molecular flexibility index (Phi) is 3.78. The summed E-state index contributed by atoms with van der Waals surface area (Å²) in [5.74, 6) is 7.64. The van der Waals surface area contributed by atoms with Crippen LogP contribution in [0.2, 0.25) is 0 Å². The summed E-state index contributed by atoms with van der Waals surface area (Å²) in [4.78, 5) is 8.30. The number of ether oxygens (including phenoxy) is 1. The molecule has 0 bridgehead atoms. The predicted molar refractivity (Wildman–Crippen MR) is 73.5 cm³/mol. The maximum absolute atomic E-state index is 5.74. The third kappa shape index (κ3) is 2.96. The highest BCUT2D eigenvalue weighted by Crippen LogP contribution is 2.27. The molecule has 0 saturated heterocycles. The first kappa shape index (κ1) is 12.8. The molecule has 1 aromatic carbocycles. The van der Waals surface area contributed by atoms with Gasteiger partial charge in [0.1, 0.15) is 17.4 Å². The minimum Gasteiger partial charge on any atom is -0.439 e. The zero-order valence-electron chi connectivity index (χ0n) is 10.1. The van der Waals surface area contributed by atoms with Crippen LogP contribution in [-0.4, -0.2) is 9.97 Å². The van der Waals surface area contributed by atoms with Crippen molar-refractivity contribution in [1.29, 1.82) is 0 Å². The van der Waals surface area contributed by atoms with Gasteiger partial charge in [-0.25, -0.2) is 10.8 Å². The molecule has 0 radical (unpaired) electrons. The van der Waals surface area contributed by atoms with Gasteiger partial charge in [0.05, 0.1) is 0 Å². The van der Waals surface area contributed by atoms with Crippen LogP contribution in [0, 0.1) is 13.8 Å². The number of hydrogen-bond donors (Lipinski definition) is 2. The van der Waals surface area contributed by atoms with Crippen molar-refractivity contribution in [3.8, 4) is 11.6 Å². The largest absolute Gasteiger partial charge is 0.439 e. The minimum atomic E-state index is 0.455. The molecule has 0 amide bonds. The number of anilines is 1. The Hall–Kier alpha value is -1.66. The van der Waals surface area contributed by atoms with Crippen LogP contribution in [0.3, 0.4) is 0 Å². The Balaban J connectivity index is 2.33. The number of benzene rings is 1. The molecular weight excluding hydrogens is 296 g/mol. The minimum absolute atomic E-state index is 0.455. The van der Waals surface area contributed by atoms with E-state index in [4.69, 9.17) is 10.6 Å². The van der Waals surface area contributed by atoms with Crippen LogP contribution >= 0.6 is 15.9 Å². The van der Waals surface area contributed by atoms with Gasteiger partial charge in [0.15, 0.2) is 0 Å². The summed E-state index contributed by atoms with van der Waals surface area (Å²) in [6.07, 6.45) is 0. The van der Waals surface area contributed by atoms with E-state index in [1.54, 1.807) is 13.0 Å². The van der Waals surface area contributed by atoms with E-state index in [2.05, 4.69) is 31.3 Å². The van der Waals surface area contributed by atoms with Gasteiger partial charge < -0.3 is 10.2 Å². The molecule has 94 valence electrons. The van der Waals surface area contributed by atoms with Crippen LogP contribution < -0.4 is 16.0 Å². The number of aromatic nitrogens is 2. The molecule has 0 fully saturated rings. The Labute approximate surface area is 113 Å². The van der Waals surface area contributed by atoms with E-state index in [0.29, 0.717) is 17.5 Å². The zero-order valence-corrected chi connectivity index (χ0v) is 11.7. The number of hydrazine groups is 1. The lowest BCUT2D eigenvalue weighted by molar-refractivity contribution is 0.456. The number of rotatable bonds is 3. The third-order valence-electron chi connectivity index (χ3n) is 2.33. The average Bonchev–Trinajstić information content (AvgIpc) is 2.33. The van der Waals surface area contributed by atoms with Crippen LogP contribution in [0.5, 0.6) is 11.6 Å². The summed E-state index contributed by atoms with van der Waals surface area (Å²) in [5, 5.41) is 0. The van der Waals surface area contributed by atoms with Crippen molar-refractivity contribution in [2.45, 2.75) is 13.8 Å². The molecule has 1 aromatic heterocycles. The van der Waals surface area contributed by atoms with Gasteiger partial charge in [-0.2, -0.15) is 4.98 Å². The summed E-state index contributed by atoms with van der Waals surface area (Å²) in [6.45, 7) is 3.75. The molecule has 0 saturated carbocycles. The first-order chi connectivity index (χ1) is 8.58. The molecule has 3 N–H and O–H groups in total. The maximum atomic E-state index is 5.74. The summed E-state index contributed by atoms with van der Waals surface area (Å²) < 4.78 is 6.69. The molecule has 18 heavy (non-hydrogen) atoms. The van der Waals surface area contributed by atoms with Crippen molar-refractivity contribution < 1.29 is 4.74 Å². The number of halogens is 1. The number of nitrogens with two attached hydrogens (primary N) is 1. The van der Waals surface area contributed by atoms with E-state index < -0.39 is 0 Å². The third-order valence-corrected chi connectivity index (χ3v) is 2.82. The van der Waals surface area contributed by atoms with Crippen molar-refractivity contribution in [2.24, 2.45) is 5.84 Å². The fourth-order valence-electron chi connectivity index (χ4n) is 1.46. The molecule has 6 heteroatoms. The van der Waals surface area contributed by atoms with Gasteiger partial charge in [-0.3, -0.25) is 0 Å². The van der Waals surface area contributed by atoms with E-state index in [1.165, 1.54) is 0 Å². The van der Waals surface area contributed by atoms with Crippen LogP contribution in [0.25, 0.3) is 0 Å². The van der Waals surface area contributed by atoms with Crippen molar-refractivity contribution in [1.82, 2.24) is 9.97 Å². The Bertz CT molecular complexity index is 574. The van der Waals surface area contributed by atoms with Crippen molar-refractivity contribution in [3.05, 3.63) is 40.1 Å². The van der Waals surface area contributed by atoms with E-state index in [1.807, 2.05) is 25.1 Å². The molecule has 5 nitrogen and oxygen atoms in total. The van der Waals surface area contributed by atoms with Crippen LogP contribution in [0.1, 0.15) is 11.4 Å². The number of aryl methyl sites for hydroxylation is 2. The lowest BCUT2D eigenvalue weighted by Gasteiger charge is -2.09. The van der Waals surface area contributed by atoms with E-state index in [0.717, 1.165) is 15.8 Å². The van der Waals surface area contributed by atoms with E-state index in [-0.39, 0.29) is 0 Å². The standard InChI is InChI=1S/C12H13BrN4O/c1-7-3-4-9(13)5-10(7)18-12-6-11(17-14)15-8(2)16-12/h3-6H,14H2,1-2H3,(H,15,16,17). The highest BCUT2D eigenvalue weighted by atomic mass is 79.9. The van der Waals surface area contributed by atoms with Crippen molar-refractivity contribution in [2.75, 3.05) is 5.43 Å². The molecule has 0 atom stereocenters. The molecule has 0 spiro atoms. The number of nitrogen functional groups attached to an aromatic ring is 1. The number of nitrogens with one attached hydrogen (secondary N) is 1. The highest BCUT2D eigenvalue weighted by molar-refractivity contribution is 9.10. The summed E-state index contributed by atoms with van der Waals surface area (Å²) in [7, 11) is 0. The molecule has 0 aliphatic rings. The van der Waals surface area contributed by atoms with Crippen LogP contribution in [-0.2, 0) is 0 Å². The quantitative estimate of drug-likeness (QED) is 0.673. The molecule has 1 heterocycles. The van der Waals surface area contributed by atoms with Gasteiger partial charge >= 0.3 is 0 Å². The van der Waals surface area contributed by atoms with E-state index in [9.17, 15) is 0 Å². The van der Waals surface area contributed by atoms with Crippen LogP contribution in [0.4, 0.5) is 5.82 Å². The smallest absolute Gasteiger partial charge is 0.224 e. The number of hydrogen-bond acceptors (Lipinski definition) is 5. The Morgan fingerprint density at radius 2 is 2.00 bits per heavy atom. The van der Waals surface area contributed by atoms with Crippen molar-refractivity contribution in [3.63, 3.8) is 0 Å². The monoisotopic (exact) mass is 308 g/mol. The second-order valence-corrected chi connectivity index (χ2v) is 4.71. The second-order valence-electron chi connectivity index (χ2n) is 3.79. The average molecular weight is 309 g/mol. The molecule has 2 rings (SSSR count). The normalized spacial score (nSPS) is 10.2. The van der Waals surface area contributed by atoms with Crippen molar-refractivity contribution >= 4 is 21.7 Å². The fourth-order valence-corrected chi connectivity index (χ4v) is 1.80. The van der Waals surface area contributed by atoms with Crippen LogP contribution in [0.15, 0.2) is 28.7 Å². The number of nitrogens with zero attached hydrogens (tertiary/aromatic N) is 2. The molecule has 0 aliphatic carbocycles. The fraction of sp³-hybridized carbons (Fsp3) is 0.167. The topological polar surface area (TPSA) is 73.1 Å². The van der Waals surface area contributed by atoms with Gasteiger partial charge in [-0.15, -0.1) is 0 Å². The van der Waals surface area contributed by atoms with Gasteiger partial charge in [0, 0.05) is 10.5 Å². The first-order valence-corrected chi connectivity index (χ1v) is 6.14. The molecule has 2 aromatic rings. The maximum Gasteiger partial charge on any atom is 0.224 e. The first-order valence-electron chi connectivity index (χ1n) is 5.35. The lowest BCUT2D eigenvalue weighted by atomic mass is 10.2. The summed E-state index contributed by atoms with van der Waals surface area (Å²) >= 11 is 3.41. The van der Waals surface area contributed by atoms with Gasteiger partial charge in [0.25, 0.3) is 0 Å². The predicted octanol–water partition coefficient (Wildman–Crippen LogP) is 2.93. The molecule has 0 unspecified atom stereocenters. The van der Waals surface area contributed by atoms with E-state index >= 15 is 0 Å². The van der Waals surface area contributed by atoms with Gasteiger partial charge in [-0.1, -0.05) is 22.0 Å². The van der Waals surface area contributed by atoms with Gasteiger partial charge in [0.2, 0.25) is 5.88 Å². The van der Waals surface area contributed by atoms with Gasteiger partial charge in [-0.05, 0) is 31.5 Å². The highest BCUT2D eigenvalue weighted by Gasteiger charge is 2.06. The molecule has 0 aliphatic heterocycles. The molecular formula is C12H13BrN4O. The lowest BCUT2D eigenvalue weighted by Crippen LogP contribution is -2.09. The Morgan fingerprint density at radius 3 is 2.72 bits per heavy atom. The second kappa shape index (κ2) is 5.32.